The predicted octanol–water partition coefficient (Wildman–Crippen LogP) is 6.19. The lowest BCUT2D eigenvalue weighted by Crippen LogP contribution is -2.22. The number of unbranched alkanes of at least 4 members (excludes halogenated alkanes) is 1. The number of hydrogen-bond acceptors (Lipinski definition) is 3. The van der Waals surface area contributed by atoms with Gasteiger partial charge in [-0.25, -0.2) is 0 Å². The summed E-state index contributed by atoms with van der Waals surface area (Å²) in [6.45, 7) is 4.26. The zero-order chi connectivity index (χ0) is 18.8. The predicted molar refractivity (Wildman–Crippen MR) is 110 cm³/mol. The van der Waals surface area contributed by atoms with Crippen molar-refractivity contribution in [2.75, 3.05) is 5.75 Å². The summed E-state index contributed by atoms with van der Waals surface area (Å²) in [6, 6.07) is 17.1. The van der Waals surface area contributed by atoms with Crippen LogP contribution >= 0.6 is 11.8 Å². The molecule has 0 saturated heterocycles. The molecule has 1 atom stereocenters. The maximum atomic E-state index is 12.8. The van der Waals surface area contributed by atoms with E-state index in [-0.39, 0.29) is 11.2 Å². The third-order valence-electron chi connectivity index (χ3n) is 5.01. The lowest BCUT2D eigenvalue weighted by Gasteiger charge is -2.26. The molecular weight excluding hydrogens is 340 g/mol. The number of rotatable bonds is 11. The molecule has 2 nitrogen and oxygen atoms in total. The summed E-state index contributed by atoms with van der Waals surface area (Å²) in [5.74, 6) is 0.895. The van der Waals surface area contributed by atoms with Gasteiger partial charge >= 0.3 is 0 Å². The van der Waals surface area contributed by atoms with Crippen molar-refractivity contribution in [2.24, 2.45) is 5.41 Å². The molecule has 0 N–H and O–H groups in total. The third kappa shape index (κ3) is 5.31. The van der Waals surface area contributed by atoms with Crippen molar-refractivity contribution in [3.63, 3.8) is 0 Å². The molecule has 0 saturated carbocycles. The van der Waals surface area contributed by atoms with Crippen LogP contribution in [0.5, 0.6) is 0 Å². The number of benzene rings is 2. The minimum Gasteiger partial charge on any atom is -0.303 e. The van der Waals surface area contributed by atoms with Gasteiger partial charge < -0.3 is 4.79 Å². The summed E-state index contributed by atoms with van der Waals surface area (Å²) >= 11 is 1.68. The second-order valence-electron chi connectivity index (χ2n) is 6.73. The molecule has 2 rings (SSSR count). The second kappa shape index (κ2) is 10.3. The Bertz CT molecular complexity index is 711. The minimum atomic E-state index is -0.221. The van der Waals surface area contributed by atoms with Gasteiger partial charge in [-0.15, -0.1) is 11.8 Å². The summed E-state index contributed by atoms with van der Waals surface area (Å²) in [4.78, 5) is 25.5. The normalized spacial score (nSPS) is 13.2. The van der Waals surface area contributed by atoms with Gasteiger partial charge in [0.05, 0.1) is 0 Å². The van der Waals surface area contributed by atoms with E-state index >= 15 is 0 Å². The van der Waals surface area contributed by atoms with Crippen LogP contribution in [0.25, 0.3) is 0 Å². The van der Waals surface area contributed by atoms with Crippen molar-refractivity contribution < 1.29 is 9.59 Å². The van der Waals surface area contributed by atoms with Crippen molar-refractivity contribution in [1.29, 1.82) is 0 Å². The van der Waals surface area contributed by atoms with Crippen LogP contribution in [-0.4, -0.2) is 17.8 Å². The highest BCUT2D eigenvalue weighted by molar-refractivity contribution is 7.99. The SMILES string of the molecule is CCCCC(C=O)(CC)CCSc1ccccc1C(=O)c1ccccc1. The van der Waals surface area contributed by atoms with Gasteiger partial charge in [0.1, 0.15) is 6.29 Å². The number of carbonyl (C=O) groups excluding carboxylic acids is 2. The standard InChI is InChI=1S/C23H28O2S/c1-3-5-15-23(4-2,18-24)16-17-26-21-14-10-9-13-20(21)22(25)19-11-7-6-8-12-19/h6-14,18H,3-5,15-17H2,1-2H3. The molecule has 0 aliphatic rings. The Labute approximate surface area is 161 Å². The summed E-state index contributed by atoms with van der Waals surface area (Å²) in [5, 5.41) is 0. The van der Waals surface area contributed by atoms with E-state index in [0.717, 1.165) is 54.6 Å². The van der Waals surface area contributed by atoms with Gasteiger partial charge in [-0.05, 0) is 37.1 Å². The van der Waals surface area contributed by atoms with Crippen LogP contribution in [0.15, 0.2) is 59.5 Å². The first-order valence-corrected chi connectivity index (χ1v) is 10.4. The number of thioether (sulfide) groups is 1. The fraction of sp³-hybridized carbons (Fsp3) is 0.391. The molecule has 2 aromatic rings. The van der Waals surface area contributed by atoms with E-state index in [4.69, 9.17) is 0 Å². The first-order valence-electron chi connectivity index (χ1n) is 9.43. The first-order chi connectivity index (χ1) is 12.7. The molecule has 1 unspecified atom stereocenters. The minimum absolute atomic E-state index is 0.0526. The van der Waals surface area contributed by atoms with Crippen LogP contribution in [0.1, 0.15) is 61.9 Å². The van der Waals surface area contributed by atoms with Crippen molar-refractivity contribution >= 4 is 23.8 Å². The molecule has 0 heterocycles. The molecule has 0 aliphatic carbocycles. The lowest BCUT2D eigenvalue weighted by molar-refractivity contribution is -0.117. The third-order valence-corrected chi connectivity index (χ3v) is 6.08. The van der Waals surface area contributed by atoms with E-state index in [0.29, 0.717) is 5.56 Å². The summed E-state index contributed by atoms with van der Waals surface area (Å²) in [6.07, 6.45) is 6.03. The van der Waals surface area contributed by atoms with Crippen molar-refractivity contribution in [1.82, 2.24) is 0 Å². The number of hydrogen-bond donors (Lipinski definition) is 0. The maximum Gasteiger partial charge on any atom is 0.194 e. The van der Waals surface area contributed by atoms with E-state index in [1.54, 1.807) is 11.8 Å². The van der Waals surface area contributed by atoms with Crippen LogP contribution in [0.4, 0.5) is 0 Å². The van der Waals surface area contributed by atoms with Gasteiger partial charge in [0.15, 0.2) is 5.78 Å². The maximum absolute atomic E-state index is 12.8. The highest BCUT2D eigenvalue weighted by Crippen LogP contribution is 2.34. The molecule has 0 bridgehead atoms. The van der Waals surface area contributed by atoms with E-state index in [2.05, 4.69) is 13.8 Å². The van der Waals surface area contributed by atoms with Crippen molar-refractivity contribution in [3.05, 3.63) is 65.7 Å². The number of carbonyl (C=O) groups is 2. The number of ketones is 1. The summed E-state index contributed by atoms with van der Waals surface area (Å²) in [5.41, 5.74) is 1.23. The van der Waals surface area contributed by atoms with Crippen LogP contribution < -0.4 is 0 Å². The Morgan fingerprint density at radius 3 is 2.35 bits per heavy atom. The molecule has 0 radical (unpaired) electrons. The van der Waals surface area contributed by atoms with Gasteiger partial charge in [-0.2, -0.15) is 0 Å². The van der Waals surface area contributed by atoms with Crippen LogP contribution in [0.2, 0.25) is 0 Å². The van der Waals surface area contributed by atoms with E-state index < -0.39 is 0 Å². The number of aldehydes is 1. The molecule has 0 aliphatic heterocycles. The molecule has 0 spiro atoms. The van der Waals surface area contributed by atoms with Gasteiger partial charge in [-0.3, -0.25) is 4.79 Å². The average molecular weight is 369 g/mol. The monoisotopic (exact) mass is 368 g/mol. The highest BCUT2D eigenvalue weighted by Gasteiger charge is 2.26. The molecule has 3 heteroatoms. The fourth-order valence-electron chi connectivity index (χ4n) is 3.10. The summed E-state index contributed by atoms with van der Waals surface area (Å²) < 4.78 is 0. The van der Waals surface area contributed by atoms with E-state index in [1.807, 2.05) is 54.6 Å². The zero-order valence-electron chi connectivity index (χ0n) is 15.7. The van der Waals surface area contributed by atoms with Crippen LogP contribution in [0, 0.1) is 5.41 Å². The molecule has 0 amide bonds. The molecule has 26 heavy (non-hydrogen) atoms. The van der Waals surface area contributed by atoms with Gasteiger partial charge in [-0.1, -0.05) is 69.2 Å². The second-order valence-corrected chi connectivity index (χ2v) is 7.86. The lowest BCUT2D eigenvalue weighted by atomic mass is 9.79. The quantitative estimate of drug-likeness (QED) is 0.269. The van der Waals surface area contributed by atoms with Gasteiger partial charge in [0.2, 0.25) is 0 Å². The summed E-state index contributed by atoms with van der Waals surface area (Å²) in [7, 11) is 0. The smallest absolute Gasteiger partial charge is 0.194 e. The van der Waals surface area contributed by atoms with E-state index in [1.165, 1.54) is 0 Å². The van der Waals surface area contributed by atoms with Crippen LogP contribution in [-0.2, 0) is 4.79 Å². The van der Waals surface area contributed by atoms with Gasteiger partial charge in [0.25, 0.3) is 0 Å². The first kappa shape index (κ1) is 20.4. The molecule has 138 valence electrons. The van der Waals surface area contributed by atoms with Crippen molar-refractivity contribution in [3.8, 4) is 0 Å². The zero-order valence-corrected chi connectivity index (χ0v) is 16.6. The Morgan fingerprint density at radius 2 is 1.69 bits per heavy atom. The Hall–Kier alpha value is -1.87. The Balaban J connectivity index is 2.08. The Kier molecular flexibility index (Phi) is 8.11. The van der Waals surface area contributed by atoms with Crippen molar-refractivity contribution in [2.45, 2.75) is 50.8 Å². The highest BCUT2D eigenvalue weighted by atomic mass is 32.2. The molecular formula is C23H28O2S. The Morgan fingerprint density at radius 1 is 1.00 bits per heavy atom. The molecule has 0 fully saturated rings. The van der Waals surface area contributed by atoms with E-state index in [9.17, 15) is 9.59 Å². The topological polar surface area (TPSA) is 34.1 Å². The average Bonchev–Trinajstić information content (AvgIpc) is 2.71. The fourth-order valence-corrected chi connectivity index (χ4v) is 4.32. The van der Waals surface area contributed by atoms with Gasteiger partial charge in [0, 0.05) is 21.4 Å². The molecule has 2 aromatic carbocycles. The van der Waals surface area contributed by atoms with Crippen LogP contribution in [0.3, 0.4) is 0 Å². The largest absolute Gasteiger partial charge is 0.303 e. The molecule has 0 aromatic heterocycles.